The van der Waals surface area contributed by atoms with E-state index in [1.165, 1.54) is 0 Å². The monoisotopic (exact) mass is 298 g/mol. The summed E-state index contributed by atoms with van der Waals surface area (Å²) >= 11 is 0. The van der Waals surface area contributed by atoms with Gasteiger partial charge in [-0.3, -0.25) is 4.79 Å². The molecule has 6 heteroatoms. The molecule has 2 rings (SSSR count). The van der Waals surface area contributed by atoms with Gasteiger partial charge in [-0.2, -0.15) is 0 Å². The van der Waals surface area contributed by atoms with E-state index in [4.69, 9.17) is 9.84 Å². The topological polar surface area (TPSA) is 78.9 Å². The number of methoxy groups -OCH3 is 1. The number of carboxylic acids is 1. The minimum Gasteiger partial charge on any atom is -0.481 e. The van der Waals surface area contributed by atoms with Crippen LogP contribution in [0.15, 0.2) is 0 Å². The average molecular weight is 298 g/mol. The van der Waals surface area contributed by atoms with Gasteiger partial charge < -0.3 is 20.1 Å². The maximum Gasteiger partial charge on any atom is 0.317 e. The summed E-state index contributed by atoms with van der Waals surface area (Å²) in [6, 6.07) is -0.172. The quantitative estimate of drug-likeness (QED) is 0.828. The van der Waals surface area contributed by atoms with E-state index in [1.54, 1.807) is 12.0 Å². The fraction of sp³-hybridized carbons (Fsp3) is 0.867. The first kappa shape index (κ1) is 16.1. The van der Waals surface area contributed by atoms with E-state index in [9.17, 15) is 9.59 Å². The number of amides is 2. The largest absolute Gasteiger partial charge is 0.481 e. The Bertz CT molecular complexity index is 391. The fourth-order valence-corrected chi connectivity index (χ4v) is 3.24. The number of rotatable bonds is 4. The molecule has 1 saturated carbocycles. The number of ether oxygens (including phenoxy) is 1. The zero-order chi connectivity index (χ0) is 15.5. The van der Waals surface area contributed by atoms with Gasteiger partial charge in [-0.1, -0.05) is 6.92 Å². The van der Waals surface area contributed by atoms with Crippen LogP contribution >= 0.6 is 0 Å². The number of hydrogen-bond acceptors (Lipinski definition) is 3. The van der Waals surface area contributed by atoms with Crippen molar-refractivity contribution in [2.24, 2.45) is 11.8 Å². The summed E-state index contributed by atoms with van der Waals surface area (Å²) in [4.78, 5) is 24.7. The van der Waals surface area contributed by atoms with Crippen molar-refractivity contribution in [3.63, 3.8) is 0 Å². The molecule has 1 saturated heterocycles. The summed E-state index contributed by atoms with van der Waals surface area (Å²) in [5, 5.41) is 11.9. The number of urea groups is 1. The van der Waals surface area contributed by atoms with Gasteiger partial charge in [-0.15, -0.1) is 0 Å². The molecule has 2 fully saturated rings. The molecule has 0 aromatic carbocycles. The van der Waals surface area contributed by atoms with Crippen molar-refractivity contribution in [2.75, 3.05) is 26.7 Å². The van der Waals surface area contributed by atoms with E-state index in [-0.39, 0.29) is 11.6 Å². The maximum absolute atomic E-state index is 12.1. The molecule has 2 N–H and O–H groups in total. The van der Waals surface area contributed by atoms with E-state index < -0.39 is 11.9 Å². The van der Waals surface area contributed by atoms with Crippen LogP contribution in [-0.4, -0.2) is 54.4 Å². The number of nitrogens with zero attached hydrogens (tertiary/aromatic N) is 1. The molecule has 2 aliphatic rings. The SMILES string of the molecule is COC1(CNC(=O)N2CCC(C(=O)O)C2)CCC(C)CC1. The number of carbonyl (C=O) groups excluding carboxylic acids is 1. The Labute approximate surface area is 125 Å². The van der Waals surface area contributed by atoms with Crippen molar-refractivity contribution < 1.29 is 19.4 Å². The average Bonchev–Trinajstić information content (AvgIpc) is 2.97. The molecule has 0 spiro atoms. The van der Waals surface area contributed by atoms with Crippen LogP contribution < -0.4 is 5.32 Å². The summed E-state index contributed by atoms with van der Waals surface area (Å²) in [6.45, 7) is 3.57. The van der Waals surface area contributed by atoms with Crippen molar-refractivity contribution in [3.8, 4) is 0 Å². The highest BCUT2D eigenvalue weighted by molar-refractivity contribution is 5.77. The molecular weight excluding hydrogens is 272 g/mol. The lowest BCUT2D eigenvalue weighted by molar-refractivity contribution is -0.141. The standard InChI is InChI=1S/C15H26N2O4/c1-11-3-6-15(21-2,7-4-11)10-16-14(20)17-8-5-12(9-17)13(18)19/h11-12H,3-10H2,1-2H3,(H,16,20)(H,18,19). The van der Waals surface area contributed by atoms with Crippen LogP contribution in [0, 0.1) is 11.8 Å². The van der Waals surface area contributed by atoms with Gasteiger partial charge in [0.25, 0.3) is 0 Å². The van der Waals surface area contributed by atoms with Crippen LogP contribution in [0.5, 0.6) is 0 Å². The second-order valence-corrected chi connectivity index (χ2v) is 6.50. The lowest BCUT2D eigenvalue weighted by Gasteiger charge is -2.38. The third-order valence-electron chi connectivity index (χ3n) is 5.01. The van der Waals surface area contributed by atoms with E-state index in [0.29, 0.717) is 26.1 Å². The Morgan fingerprint density at radius 3 is 2.52 bits per heavy atom. The Morgan fingerprint density at radius 2 is 2.00 bits per heavy atom. The first-order chi connectivity index (χ1) is 9.96. The number of hydrogen-bond donors (Lipinski definition) is 2. The Kier molecular flexibility index (Phi) is 5.08. The first-order valence-corrected chi connectivity index (χ1v) is 7.76. The summed E-state index contributed by atoms with van der Waals surface area (Å²) in [5.41, 5.74) is -0.256. The van der Waals surface area contributed by atoms with Gasteiger partial charge in [0.2, 0.25) is 0 Å². The summed E-state index contributed by atoms with van der Waals surface area (Å²) in [6.07, 6.45) is 4.70. The van der Waals surface area contributed by atoms with Crippen LogP contribution in [0.25, 0.3) is 0 Å². The fourth-order valence-electron chi connectivity index (χ4n) is 3.24. The molecule has 2 amide bonds. The lowest BCUT2D eigenvalue weighted by atomic mass is 9.79. The van der Waals surface area contributed by atoms with Crippen molar-refractivity contribution in [1.82, 2.24) is 10.2 Å². The van der Waals surface area contributed by atoms with E-state index in [0.717, 1.165) is 31.6 Å². The molecule has 1 aliphatic heterocycles. The number of aliphatic carboxylic acids is 1. The minimum atomic E-state index is -0.820. The van der Waals surface area contributed by atoms with Crippen LogP contribution in [-0.2, 0) is 9.53 Å². The van der Waals surface area contributed by atoms with Gasteiger partial charge in [0.1, 0.15) is 0 Å². The van der Waals surface area contributed by atoms with E-state index in [1.807, 2.05) is 0 Å². The molecule has 120 valence electrons. The van der Waals surface area contributed by atoms with Gasteiger partial charge in [-0.25, -0.2) is 4.79 Å². The van der Waals surface area contributed by atoms with E-state index in [2.05, 4.69) is 12.2 Å². The Hall–Kier alpha value is -1.30. The number of carbonyl (C=O) groups is 2. The minimum absolute atomic E-state index is 0.172. The third-order valence-corrected chi connectivity index (χ3v) is 5.01. The molecule has 0 aromatic rings. The highest BCUT2D eigenvalue weighted by atomic mass is 16.5. The predicted octanol–water partition coefficient (Wildman–Crippen LogP) is 1.70. The third kappa shape index (κ3) is 3.87. The van der Waals surface area contributed by atoms with Gasteiger partial charge in [0.15, 0.2) is 0 Å². The highest BCUT2D eigenvalue weighted by Gasteiger charge is 2.36. The number of likely N-dealkylation sites (tertiary alicyclic amines) is 1. The van der Waals surface area contributed by atoms with Crippen molar-refractivity contribution in [3.05, 3.63) is 0 Å². The van der Waals surface area contributed by atoms with Gasteiger partial charge in [0.05, 0.1) is 11.5 Å². The molecule has 21 heavy (non-hydrogen) atoms. The van der Waals surface area contributed by atoms with Crippen LogP contribution in [0.2, 0.25) is 0 Å². The molecule has 1 unspecified atom stereocenters. The van der Waals surface area contributed by atoms with Crippen LogP contribution in [0.1, 0.15) is 39.0 Å². The molecule has 1 atom stereocenters. The molecule has 0 aromatic heterocycles. The normalized spacial score (nSPS) is 33.0. The summed E-state index contributed by atoms with van der Waals surface area (Å²) in [7, 11) is 1.71. The molecule has 1 aliphatic carbocycles. The maximum atomic E-state index is 12.1. The number of nitrogens with one attached hydrogen (secondary N) is 1. The molecule has 1 heterocycles. The second kappa shape index (κ2) is 6.64. The highest BCUT2D eigenvalue weighted by Crippen LogP contribution is 2.33. The molecule has 0 bridgehead atoms. The van der Waals surface area contributed by atoms with Crippen molar-refractivity contribution in [2.45, 2.75) is 44.6 Å². The second-order valence-electron chi connectivity index (χ2n) is 6.50. The summed E-state index contributed by atoms with van der Waals surface area (Å²) < 4.78 is 5.67. The smallest absolute Gasteiger partial charge is 0.317 e. The van der Waals surface area contributed by atoms with E-state index >= 15 is 0 Å². The first-order valence-electron chi connectivity index (χ1n) is 7.76. The van der Waals surface area contributed by atoms with Crippen LogP contribution in [0.4, 0.5) is 4.79 Å². The Balaban J connectivity index is 1.82. The predicted molar refractivity (Wildman–Crippen MR) is 78.1 cm³/mol. The van der Waals surface area contributed by atoms with Gasteiger partial charge in [-0.05, 0) is 38.0 Å². The molecular formula is C15H26N2O4. The van der Waals surface area contributed by atoms with Crippen molar-refractivity contribution in [1.29, 1.82) is 0 Å². The van der Waals surface area contributed by atoms with Gasteiger partial charge in [0, 0.05) is 26.7 Å². The number of carboxylic acid groups (broad SMARTS) is 1. The van der Waals surface area contributed by atoms with Gasteiger partial charge >= 0.3 is 12.0 Å². The van der Waals surface area contributed by atoms with Crippen molar-refractivity contribution >= 4 is 12.0 Å². The lowest BCUT2D eigenvalue weighted by Crippen LogP contribution is -2.49. The Morgan fingerprint density at radius 1 is 1.33 bits per heavy atom. The zero-order valence-corrected chi connectivity index (χ0v) is 12.9. The summed E-state index contributed by atoms with van der Waals surface area (Å²) in [5.74, 6) is -0.526. The zero-order valence-electron chi connectivity index (χ0n) is 12.9. The molecule has 6 nitrogen and oxygen atoms in total. The molecule has 0 radical (unpaired) electrons. The van der Waals surface area contributed by atoms with Crippen LogP contribution in [0.3, 0.4) is 0 Å².